The molecule has 5 nitrogen and oxygen atoms in total. The maximum absolute atomic E-state index is 12.1. The third kappa shape index (κ3) is 2.38. The van der Waals surface area contributed by atoms with Crippen LogP contribution in [0.15, 0.2) is 22.7 Å². The van der Waals surface area contributed by atoms with E-state index in [9.17, 15) is 4.79 Å². The van der Waals surface area contributed by atoms with Crippen LogP contribution in [-0.4, -0.2) is 16.1 Å². The molecule has 0 fully saturated rings. The number of hydrogen-bond donors (Lipinski definition) is 3. The quantitative estimate of drug-likeness (QED) is 0.797. The van der Waals surface area contributed by atoms with Crippen molar-refractivity contribution in [2.45, 2.75) is 13.8 Å². The number of aryl methyl sites for hydroxylation is 2. The van der Waals surface area contributed by atoms with Crippen LogP contribution in [0.2, 0.25) is 0 Å². The summed E-state index contributed by atoms with van der Waals surface area (Å²) >= 11 is 3.36. The lowest BCUT2D eigenvalue weighted by atomic mass is 10.1. The molecule has 2 rings (SSSR count). The molecular weight excluding hydrogens is 296 g/mol. The van der Waals surface area contributed by atoms with Crippen LogP contribution in [0.3, 0.4) is 0 Å². The zero-order valence-electron chi connectivity index (χ0n) is 10.0. The number of carbonyl (C=O) groups is 1. The average molecular weight is 309 g/mol. The van der Waals surface area contributed by atoms with E-state index in [2.05, 4.69) is 31.4 Å². The van der Waals surface area contributed by atoms with Crippen molar-refractivity contribution in [3.05, 3.63) is 39.5 Å². The number of rotatable bonds is 2. The first-order valence-corrected chi connectivity index (χ1v) is 6.16. The molecule has 1 aromatic carbocycles. The largest absolute Gasteiger partial charge is 0.394 e. The van der Waals surface area contributed by atoms with Crippen molar-refractivity contribution < 1.29 is 4.79 Å². The van der Waals surface area contributed by atoms with Gasteiger partial charge in [-0.05, 0) is 47.5 Å². The molecule has 1 aromatic heterocycles. The second-order valence-corrected chi connectivity index (χ2v) is 4.90. The standard InChI is InChI=1S/C12H13BrN4O/c1-6-3-4-8(9(13)5-6)12(18)15-11-10(14)7(2)16-17-11/h3-5H,14H2,1-2H3,(H2,15,16,17,18). The summed E-state index contributed by atoms with van der Waals surface area (Å²) in [6.45, 7) is 3.75. The van der Waals surface area contributed by atoms with Gasteiger partial charge in [0.2, 0.25) is 0 Å². The number of hydrogen-bond acceptors (Lipinski definition) is 3. The summed E-state index contributed by atoms with van der Waals surface area (Å²) in [5.74, 6) is 0.102. The molecule has 4 N–H and O–H groups in total. The van der Waals surface area contributed by atoms with Gasteiger partial charge in [-0.25, -0.2) is 0 Å². The van der Waals surface area contributed by atoms with Gasteiger partial charge < -0.3 is 11.1 Å². The van der Waals surface area contributed by atoms with Crippen LogP contribution in [0.25, 0.3) is 0 Å². The first-order chi connectivity index (χ1) is 8.49. The Morgan fingerprint density at radius 3 is 2.72 bits per heavy atom. The van der Waals surface area contributed by atoms with Crippen LogP contribution in [0.5, 0.6) is 0 Å². The molecule has 0 aliphatic rings. The van der Waals surface area contributed by atoms with Gasteiger partial charge in [0.1, 0.15) is 0 Å². The van der Waals surface area contributed by atoms with E-state index in [4.69, 9.17) is 5.73 Å². The topological polar surface area (TPSA) is 83.8 Å². The maximum atomic E-state index is 12.1. The van der Waals surface area contributed by atoms with E-state index >= 15 is 0 Å². The Morgan fingerprint density at radius 2 is 2.17 bits per heavy atom. The minimum absolute atomic E-state index is 0.250. The van der Waals surface area contributed by atoms with Crippen molar-refractivity contribution >= 4 is 33.3 Å². The lowest BCUT2D eigenvalue weighted by Crippen LogP contribution is -2.14. The molecule has 0 bridgehead atoms. The monoisotopic (exact) mass is 308 g/mol. The summed E-state index contributed by atoms with van der Waals surface area (Å²) < 4.78 is 0.742. The molecule has 0 spiro atoms. The first-order valence-electron chi connectivity index (χ1n) is 5.37. The molecule has 0 radical (unpaired) electrons. The molecule has 1 amide bonds. The van der Waals surface area contributed by atoms with Crippen LogP contribution in [0.4, 0.5) is 11.5 Å². The first kappa shape index (κ1) is 12.6. The molecule has 1 heterocycles. The Labute approximate surface area is 113 Å². The number of aromatic amines is 1. The highest BCUT2D eigenvalue weighted by Crippen LogP contribution is 2.22. The highest BCUT2D eigenvalue weighted by Gasteiger charge is 2.14. The van der Waals surface area contributed by atoms with Crippen LogP contribution in [-0.2, 0) is 0 Å². The number of nitrogen functional groups attached to an aromatic ring is 1. The van der Waals surface area contributed by atoms with Gasteiger partial charge in [-0.1, -0.05) is 6.07 Å². The van der Waals surface area contributed by atoms with E-state index in [1.54, 1.807) is 13.0 Å². The predicted octanol–water partition coefficient (Wildman–Crippen LogP) is 2.62. The summed E-state index contributed by atoms with van der Waals surface area (Å²) in [5.41, 5.74) is 8.57. The molecule has 0 atom stereocenters. The second kappa shape index (κ2) is 4.81. The highest BCUT2D eigenvalue weighted by molar-refractivity contribution is 9.10. The van der Waals surface area contributed by atoms with E-state index in [0.29, 0.717) is 17.1 Å². The third-order valence-electron chi connectivity index (χ3n) is 2.60. The van der Waals surface area contributed by atoms with Crippen molar-refractivity contribution in [3.8, 4) is 0 Å². The average Bonchev–Trinajstić information content (AvgIpc) is 2.61. The molecule has 0 aliphatic heterocycles. The van der Waals surface area contributed by atoms with Crippen LogP contribution >= 0.6 is 15.9 Å². The van der Waals surface area contributed by atoms with Crippen molar-refractivity contribution in [2.75, 3.05) is 11.1 Å². The third-order valence-corrected chi connectivity index (χ3v) is 3.25. The fourth-order valence-corrected chi connectivity index (χ4v) is 2.19. The van der Waals surface area contributed by atoms with Gasteiger partial charge in [-0.3, -0.25) is 9.89 Å². The van der Waals surface area contributed by atoms with E-state index in [1.807, 2.05) is 19.1 Å². The number of anilines is 2. The lowest BCUT2D eigenvalue weighted by Gasteiger charge is -2.06. The molecule has 0 saturated heterocycles. The number of aromatic nitrogens is 2. The van der Waals surface area contributed by atoms with Crippen molar-refractivity contribution in [1.82, 2.24) is 10.2 Å². The number of H-pyrrole nitrogens is 1. The SMILES string of the molecule is Cc1ccc(C(=O)Nc2n[nH]c(C)c2N)c(Br)c1. The molecule has 0 unspecified atom stereocenters. The molecule has 18 heavy (non-hydrogen) atoms. The summed E-state index contributed by atoms with van der Waals surface area (Å²) in [5, 5.41) is 9.32. The zero-order valence-corrected chi connectivity index (χ0v) is 11.6. The Balaban J connectivity index is 2.25. The normalized spacial score (nSPS) is 10.4. The van der Waals surface area contributed by atoms with Gasteiger partial charge in [-0.2, -0.15) is 5.10 Å². The molecule has 94 valence electrons. The predicted molar refractivity (Wildman–Crippen MR) is 74.6 cm³/mol. The van der Waals surface area contributed by atoms with Crippen molar-refractivity contribution in [3.63, 3.8) is 0 Å². The summed E-state index contributed by atoms with van der Waals surface area (Å²) in [6, 6.07) is 5.51. The van der Waals surface area contributed by atoms with E-state index in [-0.39, 0.29) is 5.91 Å². The van der Waals surface area contributed by atoms with Gasteiger partial charge in [0.25, 0.3) is 5.91 Å². The molecule has 0 saturated carbocycles. The highest BCUT2D eigenvalue weighted by atomic mass is 79.9. The van der Waals surface area contributed by atoms with Gasteiger partial charge in [-0.15, -0.1) is 0 Å². The molecule has 2 aromatic rings. The minimum Gasteiger partial charge on any atom is -0.394 e. The molecule has 0 aliphatic carbocycles. The zero-order chi connectivity index (χ0) is 13.3. The summed E-state index contributed by atoms with van der Waals surface area (Å²) in [7, 11) is 0. The number of nitrogens with two attached hydrogens (primary N) is 1. The summed E-state index contributed by atoms with van der Waals surface area (Å²) in [4.78, 5) is 12.1. The van der Waals surface area contributed by atoms with Gasteiger partial charge >= 0.3 is 0 Å². The number of halogens is 1. The molecular formula is C12H13BrN4O. The Kier molecular flexibility index (Phi) is 3.38. The number of benzene rings is 1. The van der Waals surface area contributed by atoms with Crippen LogP contribution < -0.4 is 11.1 Å². The fourth-order valence-electron chi connectivity index (χ4n) is 1.51. The number of nitrogens with one attached hydrogen (secondary N) is 2. The van der Waals surface area contributed by atoms with Gasteiger partial charge in [0, 0.05) is 4.47 Å². The fraction of sp³-hybridized carbons (Fsp3) is 0.167. The lowest BCUT2D eigenvalue weighted by molar-refractivity contribution is 0.102. The summed E-state index contributed by atoms with van der Waals surface area (Å²) in [6.07, 6.45) is 0. The minimum atomic E-state index is -0.250. The Hall–Kier alpha value is -1.82. The van der Waals surface area contributed by atoms with E-state index < -0.39 is 0 Å². The number of amides is 1. The van der Waals surface area contributed by atoms with Crippen LogP contribution in [0.1, 0.15) is 21.6 Å². The smallest absolute Gasteiger partial charge is 0.258 e. The maximum Gasteiger partial charge on any atom is 0.258 e. The van der Waals surface area contributed by atoms with Gasteiger partial charge in [0.05, 0.1) is 16.9 Å². The van der Waals surface area contributed by atoms with E-state index in [1.165, 1.54) is 0 Å². The number of carbonyl (C=O) groups excluding carboxylic acids is 1. The molecule has 6 heteroatoms. The second-order valence-electron chi connectivity index (χ2n) is 4.05. The Bertz CT molecular complexity index is 606. The van der Waals surface area contributed by atoms with Gasteiger partial charge in [0.15, 0.2) is 5.82 Å². The number of nitrogens with zero attached hydrogens (tertiary/aromatic N) is 1. The van der Waals surface area contributed by atoms with Crippen molar-refractivity contribution in [2.24, 2.45) is 0 Å². The Morgan fingerprint density at radius 1 is 1.44 bits per heavy atom. The van der Waals surface area contributed by atoms with E-state index in [0.717, 1.165) is 15.7 Å². The van der Waals surface area contributed by atoms with Crippen molar-refractivity contribution in [1.29, 1.82) is 0 Å². The van der Waals surface area contributed by atoms with Crippen LogP contribution in [0, 0.1) is 13.8 Å².